The van der Waals surface area contributed by atoms with E-state index in [0.717, 1.165) is 37.2 Å². The number of H-pyrrole nitrogens is 1. The first-order valence-corrected chi connectivity index (χ1v) is 10.3. The topological polar surface area (TPSA) is 65.2 Å². The molecule has 0 bridgehead atoms. The summed E-state index contributed by atoms with van der Waals surface area (Å²) in [6, 6.07) is 10.5. The van der Waals surface area contributed by atoms with Crippen LogP contribution in [0.5, 0.6) is 0 Å². The molecule has 1 amide bonds. The normalized spacial score (nSPS) is 15.5. The summed E-state index contributed by atoms with van der Waals surface area (Å²) in [6.45, 7) is 8.17. The highest BCUT2D eigenvalue weighted by Gasteiger charge is 2.26. The summed E-state index contributed by atoms with van der Waals surface area (Å²) in [6.07, 6.45) is 4.01. The number of carbonyl (C=O) groups is 2. The molecule has 0 spiro atoms. The van der Waals surface area contributed by atoms with Gasteiger partial charge in [0.2, 0.25) is 0 Å². The molecule has 150 valence electrons. The van der Waals surface area contributed by atoms with E-state index in [1.165, 1.54) is 18.4 Å². The molecule has 1 aliphatic heterocycles. The van der Waals surface area contributed by atoms with Crippen LogP contribution in [0.25, 0.3) is 0 Å². The first-order valence-electron chi connectivity index (χ1n) is 10.3. The zero-order chi connectivity index (χ0) is 20.1. The van der Waals surface area contributed by atoms with Crippen LogP contribution in [-0.4, -0.2) is 41.2 Å². The van der Waals surface area contributed by atoms with Crippen molar-refractivity contribution in [2.75, 3.05) is 19.6 Å². The smallest absolute Gasteiger partial charge is 0.268 e. The number of benzene rings is 1. The third-order valence-corrected chi connectivity index (χ3v) is 5.59. The summed E-state index contributed by atoms with van der Waals surface area (Å²) < 4.78 is 0. The van der Waals surface area contributed by atoms with Crippen molar-refractivity contribution in [3.05, 3.63) is 58.4 Å². The Morgan fingerprint density at radius 2 is 1.86 bits per heavy atom. The lowest BCUT2D eigenvalue weighted by Gasteiger charge is -2.28. The van der Waals surface area contributed by atoms with Gasteiger partial charge in [0.05, 0.1) is 6.04 Å². The van der Waals surface area contributed by atoms with Crippen molar-refractivity contribution in [1.82, 2.24) is 15.2 Å². The van der Waals surface area contributed by atoms with E-state index in [-0.39, 0.29) is 17.7 Å². The van der Waals surface area contributed by atoms with Gasteiger partial charge in [-0.25, -0.2) is 0 Å². The summed E-state index contributed by atoms with van der Waals surface area (Å²) in [5.41, 5.74) is 4.07. The minimum absolute atomic E-state index is 0.00970. The number of hydrogen-bond donors (Lipinski definition) is 2. The highest BCUT2D eigenvalue weighted by atomic mass is 16.2. The first-order chi connectivity index (χ1) is 13.5. The number of aromatic amines is 1. The molecule has 5 heteroatoms. The Morgan fingerprint density at radius 1 is 1.18 bits per heavy atom. The quantitative estimate of drug-likeness (QED) is 0.678. The van der Waals surface area contributed by atoms with Gasteiger partial charge in [-0.05, 0) is 57.3 Å². The van der Waals surface area contributed by atoms with Gasteiger partial charge in [-0.1, -0.05) is 43.7 Å². The van der Waals surface area contributed by atoms with Gasteiger partial charge >= 0.3 is 0 Å². The van der Waals surface area contributed by atoms with Crippen LogP contribution in [0.15, 0.2) is 30.3 Å². The van der Waals surface area contributed by atoms with Crippen molar-refractivity contribution in [3.8, 4) is 0 Å². The van der Waals surface area contributed by atoms with E-state index < -0.39 is 0 Å². The van der Waals surface area contributed by atoms with Gasteiger partial charge < -0.3 is 10.3 Å². The number of hydrogen-bond acceptors (Lipinski definition) is 3. The van der Waals surface area contributed by atoms with E-state index in [1.54, 1.807) is 6.92 Å². The fourth-order valence-electron chi connectivity index (χ4n) is 4.31. The van der Waals surface area contributed by atoms with E-state index in [4.69, 9.17) is 0 Å². The van der Waals surface area contributed by atoms with E-state index >= 15 is 0 Å². The molecule has 1 atom stereocenters. The lowest BCUT2D eigenvalue weighted by molar-refractivity contribution is 0.0932. The van der Waals surface area contributed by atoms with E-state index in [2.05, 4.69) is 34.3 Å². The summed E-state index contributed by atoms with van der Waals surface area (Å²) >= 11 is 0. The fraction of sp³-hybridized carbons (Fsp3) is 0.478. The lowest BCUT2D eigenvalue weighted by Crippen LogP contribution is -2.37. The van der Waals surface area contributed by atoms with Crippen molar-refractivity contribution in [1.29, 1.82) is 0 Å². The summed E-state index contributed by atoms with van der Waals surface area (Å²) in [5, 5.41) is 3.13. The van der Waals surface area contributed by atoms with Gasteiger partial charge in [-0.3, -0.25) is 14.5 Å². The molecule has 2 heterocycles. The number of aromatic nitrogens is 1. The maximum absolute atomic E-state index is 13.0. The molecular weight excluding hydrogens is 350 g/mol. The molecule has 28 heavy (non-hydrogen) atoms. The van der Waals surface area contributed by atoms with Crippen molar-refractivity contribution < 1.29 is 9.59 Å². The maximum atomic E-state index is 13.0. The minimum Gasteiger partial charge on any atom is -0.354 e. The molecule has 1 aliphatic rings. The summed E-state index contributed by atoms with van der Waals surface area (Å²) in [5.74, 6) is -0.116. The molecule has 2 aromatic rings. The average molecular weight is 382 g/mol. The predicted molar refractivity (Wildman–Crippen MR) is 112 cm³/mol. The van der Waals surface area contributed by atoms with Gasteiger partial charge in [0.15, 0.2) is 5.78 Å². The van der Waals surface area contributed by atoms with Crippen LogP contribution in [0.3, 0.4) is 0 Å². The van der Waals surface area contributed by atoms with Crippen molar-refractivity contribution in [2.24, 2.45) is 0 Å². The highest BCUT2D eigenvalue weighted by molar-refractivity contribution is 6.02. The number of ketones is 1. The number of nitrogens with zero attached hydrogens (tertiary/aromatic N) is 1. The van der Waals surface area contributed by atoms with Gasteiger partial charge in [0.1, 0.15) is 5.69 Å². The van der Waals surface area contributed by atoms with Crippen LogP contribution in [-0.2, 0) is 6.42 Å². The van der Waals surface area contributed by atoms with Crippen LogP contribution in [0, 0.1) is 6.92 Å². The number of likely N-dealkylation sites (tertiary alicyclic amines) is 1. The van der Waals surface area contributed by atoms with Crippen molar-refractivity contribution in [3.63, 3.8) is 0 Å². The van der Waals surface area contributed by atoms with Gasteiger partial charge in [0, 0.05) is 17.8 Å². The van der Waals surface area contributed by atoms with Crippen molar-refractivity contribution in [2.45, 2.75) is 52.5 Å². The number of carbonyl (C=O) groups excluding carboxylic acids is 2. The summed E-state index contributed by atoms with van der Waals surface area (Å²) in [7, 11) is 0. The Hall–Kier alpha value is -2.40. The molecule has 1 saturated heterocycles. The van der Waals surface area contributed by atoms with Crippen LogP contribution in [0.2, 0.25) is 0 Å². The molecule has 1 aromatic carbocycles. The molecule has 3 rings (SSSR count). The van der Waals surface area contributed by atoms with Crippen LogP contribution >= 0.6 is 0 Å². The molecule has 1 aromatic heterocycles. The Morgan fingerprint density at radius 3 is 2.46 bits per heavy atom. The zero-order valence-electron chi connectivity index (χ0n) is 17.2. The van der Waals surface area contributed by atoms with Crippen LogP contribution in [0.1, 0.15) is 76.8 Å². The van der Waals surface area contributed by atoms with Gasteiger partial charge in [-0.2, -0.15) is 0 Å². The molecule has 2 N–H and O–H groups in total. The standard InChI is InChI=1S/C23H31N3O2/c1-4-10-19-21(17(3)27)16(2)25-22(19)23(28)24-15-20(26-13-8-9-14-26)18-11-6-5-7-12-18/h5-7,11-12,20,25H,4,8-10,13-15H2,1-3H3,(H,24,28). The predicted octanol–water partition coefficient (Wildman–Crippen LogP) is 4.05. The monoisotopic (exact) mass is 381 g/mol. The molecule has 0 aliphatic carbocycles. The SMILES string of the molecule is CCCc1c(C(=O)NCC(c2ccccc2)N2CCCC2)[nH]c(C)c1C(C)=O. The summed E-state index contributed by atoms with van der Waals surface area (Å²) in [4.78, 5) is 30.7. The van der Waals surface area contributed by atoms with Crippen LogP contribution in [0.4, 0.5) is 0 Å². The molecular formula is C23H31N3O2. The minimum atomic E-state index is -0.126. The Labute approximate surface area is 167 Å². The molecule has 5 nitrogen and oxygen atoms in total. The zero-order valence-corrected chi connectivity index (χ0v) is 17.2. The average Bonchev–Trinajstić information content (AvgIpc) is 3.31. The van der Waals surface area contributed by atoms with E-state index in [1.807, 2.05) is 25.1 Å². The Bertz CT molecular complexity index is 820. The first kappa shape index (κ1) is 20.3. The van der Waals surface area contributed by atoms with Gasteiger partial charge in [0.25, 0.3) is 5.91 Å². The number of nitrogens with one attached hydrogen (secondary N) is 2. The van der Waals surface area contributed by atoms with Gasteiger partial charge in [-0.15, -0.1) is 0 Å². The largest absolute Gasteiger partial charge is 0.354 e. The molecule has 0 saturated carbocycles. The van der Waals surface area contributed by atoms with Crippen molar-refractivity contribution >= 4 is 11.7 Å². The fourth-order valence-corrected chi connectivity index (χ4v) is 4.31. The highest BCUT2D eigenvalue weighted by Crippen LogP contribution is 2.25. The molecule has 1 unspecified atom stereocenters. The molecule has 0 radical (unpaired) electrons. The number of amides is 1. The Kier molecular flexibility index (Phi) is 6.68. The number of rotatable bonds is 8. The molecule has 1 fully saturated rings. The number of Topliss-reactive ketones (excluding diaryl/α,β-unsaturated/α-hetero) is 1. The maximum Gasteiger partial charge on any atom is 0.268 e. The van der Waals surface area contributed by atoms with E-state index in [9.17, 15) is 9.59 Å². The second kappa shape index (κ2) is 9.20. The number of aryl methyl sites for hydroxylation is 1. The lowest BCUT2D eigenvalue weighted by atomic mass is 10.0. The van der Waals surface area contributed by atoms with Crippen LogP contribution < -0.4 is 5.32 Å². The third-order valence-electron chi connectivity index (χ3n) is 5.59. The second-order valence-electron chi connectivity index (χ2n) is 7.66. The third kappa shape index (κ3) is 4.36. The second-order valence-corrected chi connectivity index (χ2v) is 7.66. The van der Waals surface area contributed by atoms with E-state index in [0.29, 0.717) is 17.8 Å². The Balaban J connectivity index is 1.80.